The number of hydrogen-bond donors (Lipinski definition) is 3. The molecule has 0 aromatic heterocycles. The van der Waals surface area contributed by atoms with Crippen LogP contribution in [0.15, 0.2) is 23.1 Å². The molecule has 0 amide bonds. The number of rotatable bonds is 5. The molecule has 0 aliphatic heterocycles. The SMILES string of the molecule is CNS(=O)(=O)c1ccc(N)c(NCC2CCC2)c1. The summed E-state index contributed by atoms with van der Waals surface area (Å²) in [6.07, 6.45) is 3.76. The van der Waals surface area contributed by atoms with E-state index in [1.54, 1.807) is 12.1 Å². The van der Waals surface area contributed by atoms with Crippen LogP contribution in [0.4, 0.5) is 11.4 Å². The Bertz CT molecular complexity index is 524. The first-order valence-corrected chi connectivity index (χ1v) is 7.58. The van der Waals surface area contributed by atoms with Crippen LogP contribution in [0, 0.1) is 5.92 Å². The van der Waals surface area contributed by atoms with E-state index in [1.165, 1.54) is 32.4 Å². The lowest BCUT2D eigenvalue weighted by Crippen LogP contribution is -2.22. The molecule has 1 fully saturated rings. The Kier molecular flexibility index (Phi) is 3.77. The summed E-state index contributed by atoms with van der Waals surface area (Å²) < 4.78 is 25.7. The fraction of sp³-hybridized carbons (Fsp3) is 0.500. The summed E-state index contributed by atoms with van der Waals surface area (Å²) in [4.78, 5) is 0.232. The summed E-state index contributed by atoms with van der Waals surface area (Å²) in [6, 6.07) is 4.71. The Balaban J connectivity index is 2.15. The van der Waals surface area contributed by atoms with Gasteiger partial charge < -0.3 is 11.1 Å². The molecule has 0 bridgehead atoms. The first-order chi connectivity index (χ1) is 8.53. The van der Waals surface area contributed by atoms with E-state index in [0.29, 0.717) is 17.3 Å². The van der Waals surface area contributed by atoms with Crippen LogP contribution in [0.1, 0.15) is 19.3 Å². The van der Waals surface area contributed by atoms with Crippen molar-refractivity contribution in [3.05, 3.63) is 18.2 Å². The highest BCUT2D eigenvalue weighted by atomic mass is 32.2. The summed E-state index contributed by atoms with van der Waals surface area (Å²) >= 11 is 0. The van der Waals surface area contributed by atoms with E-state index in [9.17, 15) is 8.42 Å². The van der Waals surface area contributed by atoms with Gasteiger partial charge in [0.15, 0.2) is 0 Å². The van der Waals surface area contributed by atoms with Gasteiger partial charge in [-0.25, -0.2) is 13.1 Å². The third-order valence-electron chi connectivity index (χ3n) is 3.41. The molecule has 100 valence electrons. The molecular weight excluding hydrogens is 250 g/mol. The zero-order valence-electron chi connectivity index (χ0n) is 10.4. The van der Waals surface area contributed by atoms with Crippen molar-refractivity contribution in [2.75, 3.05) is 24.6 Å². The van der Waals surface area contributed by atoms with E-state index in [2.05, 4.69) is 10.0 Å². The van der Waals surface area contributed by atoms with E-state index < -0.39 is 10.0 Å². The first-order valence-electron chi connectivity index (χ1n) is 6.10. The van der Waals surface area contributed by atoms with Gasteiger partial charge in [0, 0.05) is 6.54 Å². The van der Waals surface area contributed by atoms with Gasteiger partial charge in [0.05, 0.1) is 16.3 Å². The monoisotopic (exact) mass is 269 g/mol. The molecule has 1 aliphatic rings. The molecule has 1 aromatic carbocycles. The van der Waals surface area contributed by atoms with E-state index >= 15 is 0 Å². The highest BCUT2D eigenvalue weighted by Crippen LogP contribution is 2.28. The molecule has 2 rings (SSSR count). The maximum Gasteiger partial charge on any atom is 0.240 e. The van der Waals surface area contributed by atoms with E-state index in [4.69, 9.17) is 5.73 Å². The van der Waals surface area contributed by atoms with Crippen molar-refractivity contribution < 1.29 is 8.42 Å². The van der Waals surface area contributed by atoms with E-state index in [1.807, 2.05) is 0 Å². The number of sulfonamides is 1. The van der Waals surface area contributed by atoms with Gasteiger partial charge in [-0.3, -0.25) is 0 Å². The van der Waals surface area contributed by atoms with Crippen molar-refractivity contribution in [3.8, 4) is 0 Å². The zero-order chi connectivity index (χ0) is 13.2. The highest BCUT2D eigenvalue weighted by Gasteiger charge is 2.18. The fourth-order valence-electron chi connectivity index (χ4n) is 1.92. The van der Waals surface area contributed by atoms with Gasteiger partial charge >= 0.3 is 0 Å². The van der Waals surface area contributed by atoms with Crippen molar-refractivity contribution in [3.63, 3.8) is 0 Å². The normalized spacial score (nSPS) is 16.3. The van der Waals surface area contributed by atoms with Crippen LogP contribution in [0.2, 0.25) is 0 Å². The largest absolute Gasteiger partial charge is 0.397 e. The molecule has 4 N–H and O–H groups in total. The maximum atomic E-state index is 11.7. The number of nitrogens with one attached hydrogen (secondary N) is 2. The van der Waals surface area contributed by atoms with Gasteiger partial charge in [-0.15, -0.1) is 0 Å². The van der Waals surface area contributed by atoms with Gasteiger partial charge in [-0.1, -0.05) is 6.42 Å². The topological polar surface area (TPSA) is 84.2 Å². The Morgan fingerprint density at radius 3 is 2.67 bits per heavy atom. The third kappa shape index (κ3) is 2.76. The lowest BCUT2D eigenvalue weighted by atomic mass is 9.85. The van der Waals surface area contributed by atoms with Gasteiger partial charge in [-0.05, 0) is 44.0 Å². The molecule has 1 aromatic rings. The minimum absolute atomic E-state index is 0.232. The van der Waals surface area contributed by atoms with Crippen LogP contribution < -0.4 is 15.8 Å². The number of benzene rings is 1. The Morgan fingerprint density at radius 1 is 1.39 bits per heavy atom. The molecular formula is C12H19N3O2S. The molecule has 0 unspecified atom stereocenters. The van der Waals surface area contributed by atoms with Gasteiger partial charge in [-0.2, -0.15) is 0 Å². The van der Waals surface area contributed by atoms with Gasteiger partial charge in [0.1, 0.15) is 0 Å². The molecule has 6 heteroatoms. The number of nitrogen functional groups attached to an aromatic ring is 1. The van der Waals surface area contributed by atoms with Gasteiger partial charge in [0.2, 0.25) is 10.0 Å². The van der Waals surface area contributed by atoms with Crippen LogP contribution in [-0.4, -0.2) is 22.0 Å². The van der Waals surface area contributed by atoms with Crippen molar-refractivity contribution in [2.24, 2.45) is 5.92 Å². The Morgan fingerprint density at radius 2 is 2.11 bits per heavy atom. The summed E-state index contributed by atoms with van der Waals surface area (Å²) in [5.74, 6) is 0.689. The fourth-order valence-corrected chi connectivity index (χ4v) is 2.68. The summed E-state index contributed by atoms with van der Waals surface area (Å²) in [6.45, 7) is 0.854. The molecule has 0 atom stereocenters. The third-order valence-corrected chi connectivity index (χ3v) is 4.82. The van der Waals surface area contributed by atoms with Crippen molar-refractivity contribution in [1.29, 1.82) is 0 Å². The van der Waals surface area contributed by atoms with Crippen molar-refractivity contribution in [1.82, 2.24) is 4.72 Å². The average molecular weight is 269 g/mol. The maximum absolute atomic E-state index is 11.7. The second-order valence-electron chi connectivity index (χ2n) is 4.63. The molecule has 18 heavy (non-hydrogen) atoms. The van der Waals surface area contributed by atoms with Crippen LogP contribution in [0.25, 0.3) is 0 Å². The smallest absolute Gasteiger partial charge is 0.240 e. The lowest BCUT2D eigenvalue weighted by molar-refractivity contribution is 0.333. The van der Waals surface area contributed by atoms with Gasteiger partial charge in [0.25, 0.3) is 0 Å². The van der Waals surface area contributed by atoms with Crippen LogP contribution in [0.3, 0.4) is 0 Å². The summed E-state index contributed by atoms with van der Waals surface area (Å²) in [7, 11) is -2.02. The molecule has 0 spiro atoms. The molecule has 1 aliphatic carbocycles. The Labute approximate surface area is 108 Å². The molecule has 0 saturated heterocycles. The van der Waals surface area contributed by atoms with Crippen molar-refractivity contribution in [2.45, 2.75) is 24.2 Å². The molecule has 0 heterocycles. The van der Waals surface area contributed by atoms with Crippen molar-refractivity contribution >= 4 is 21.4 Å². The second-order valence-corrected chi connectivity index (χ2v) is 6.52. The highest BCUT2D eigenvalue weighted by molar-refractivity contribution is 7.89. The minimum atomic E-state index is -3.41. The predicted octanol–water partition coefficient (Wildman–Crippen LogP) is 1.39. The Hall–Kier alpha value is -1.27. The number of hydrogen-bond acceptors (Lipinski definition) is 4. The first kappa shape index (κ1) is 13.2. The summed E-state index contributed by atoms with van der Waals surface area (Å²) in [5.41, 5.74) is 7.11. The quantitative estimate of drug-likeness (QED) is 0.705. The van der Waals surface area contributed by atoms with E-state index in [-0.39, 0.29) is 4.90 Å². The van der Waals surface area contributed by atoms with Crippen LogP contribution in [-0.2, 0) is 10.0 Å². The average Bonchev–Trinajstić information content (AvgIpc) is 2.29. The van der Waals surface area contributed by atoms with E-state index in [0.717, 1.165) is 6.54 Å². The molecule has 0 radical (unpaired) electrons. The standard InChI is InChI=1S/C12H19N3O2S/c1-14-18(16,17)10-5-6-11(13)12(7-10)15-8-9-3-2-4-9/h5-7,9,14-15H,2-4,8,13H2,1H3. The molecule has 5 nitrogen and oxygen atoms in total. The predicted molar refractivity (Wildman–Crippen MR) is 72.9 cm³/mol. The zero-order valence-corrected chi connectivity index (χ0v) is 11.3. The van der Waals surface area contributed by atoms with Crippen LogP contribution >= 0.6 is 0 Å². The number of nitrogens with two attached hydrogens (primary N) is 1. The summed E-state index contributed by atoms with van der Waals surface area (Å²) in [5, 5.41) is 3.23. The molecule has 1 saturated carbocycles. The number of anilines is 2. The lowest BCUT2D eigenvalue weighted by Gasteiger charge is -2.26. The minimum Gasteiger partial charge on any atom is -0.397 e. The van der Waals surface area contributed by atoms with Crippen LogP contribution in [0.5, 0.6) is 0 Å². The second kappa shape index (κ2) is 5.16.